The van der Waals surface area contributed by atoms with Gasteiger partial charge in [-0.3, -0.25) is 0 Å². The van der Waals surface area contributed by atoms with Crippen LogP contribution in [0.25, 0.3) is 6.08 Å². The number of aryl methyl sites for hydroxylation is 1. The van der Waals surface area contributed by atoms with Crippen molar-refractivity contribution >= 4 is 23.2 Å². The number of anilines is 1. The van der Waals surface area contributed by atoms with Gasteiger partial charge < -0.3 is 4.90 Å². The molecule has 1 saturated carbocycles. The van der Waals surface area contributed by atoms with Crippen LogP contribution in [0.2, 0.25) is 0 Å². The van der Waals surface area contributed by atoms with Crippen molar-refractivity contribution < 1.29 is 4.58 Å². The van der Waals surface area contributed by atoms with Crippen LogP contribution >= 0.6 is 0 Å². The molecular formula is C45H53N2+. The quantitative estimate of drug-likeness (QED) is 0.113. The molecule has 0 unspecified atom stereocenters. The summed E-state index contributed by atoms with van der Waals surface area (Å²) in [6.07, 6.45) is 20.5. The van der Waals surface area contributed by atoms with Gasteiger partial charge in [0.1, 0.15) is 6.54 Å². The molecule has 47 heavy (non-hydrogen) atoms. The van der Waals surface area contributed by atoms with Crippen LogP contribution < -0.4 is 4.90 Å². The SMILES string of the molecule is Cc1ccc2c(c1)C(Cc1ccccc1)(Cc1ccccc1)C(C=Cc1ccc(N3CCCCC3)cc1)=[N+]2CCCCC1CCCC1. The minimum absolute atomic E-state index is 0.167. The van der Waals surface area contributed by atoms with Crippen molar-refractivity contribution in [1.82, 2.24) is 0 Å². The highest BCUT2D eigenvalue weighted by atomic mass is 15.1. The van der Waals surface area contributed by atoms with Gasteiger partial charge in [0, 0.05) is 42.9 Å². The molecule has 3 aliphatic rings. The van der Waals surface area contributed by atoms with Gasteiger partial charge in [-0.05, 0) is 92.3 Å². The summed E-state index contributed by atoms with van der Waals surface area (Å²) in [4.78, 5) is 2.56. The molecule has 0 radical (unpaired) electrons. The summed E-state index contributed by atoms with van der Waals surface area (Å²) in [5.74, 6) is 0.954. The largest absolute Gasteiger partial charge is 0.372 e. The van der Waals surface area contributed by atoms with Gasteiger partial charge in [0.25, 0.3) is 0 Å². The summed E-state index contributed by atoms with van der Waals surface area (Å²) in [6, 6.07) is 39.0. The molecule has 2 heteroatoms. The van der Waals surface area contributed by atoms with E-state index in [1.54, 1.807) is 0 Å². The second-order valence-electron chi connectivity index (χ2n) is 14.6. The Morgan fingerprint density at radius 2 is 1.36 bits per heavy atom. The first-order chi connectivity index (χ1) is 23.2. The number of hydrogen-bond acceptors (Lipinski definition) is 1. The lowest BCUT2D eigenvalue weighted by Gasteiger charge is -2.29. The summed E-state index contributed by atoms with van der Waals surface area (Å²) < 4.78 is 2.72. The van der Waals surface area contributed by atoms with Crippen molar-refractivity contribution in [3.05, 3.63) is 137 Å². The number of unbranched alkanes of at least 4 members (excludes halogenated alkanes) is 1. The van der Waals surface area contributed by atoms with Crippen LogP contribution in [-0.2, 0) is 18.3 Å². The molecule has 0 amide bonds. The first kappa shape index (κ1) is 31.7. The third-order valence-corrected chi connectivity index (χ3v) is 11.2. The topological polar surface area (TPSA) is 6.25 Å². The third kappa shape index (κ3) is 7.33. The van der Waals surface area contributed by atoms with Gasteiger partial charge in [-0.1, -0.05) is 117 Å². The Bertz CT molecular complexity index is 1610. The smallest absolute Gasteiger partial charge is 0.209 e. The van der Waals surface area contributed by atoms with Gasteiger partial charge in [-0.15, -0.1) is 0 Å². The van der Waals surface area contributed by atoms with Gasteiger partial charge in [0.2, 0.25) is 5.69 Å². The van der Waals surface area contributed by atoms with Crippen molar-refractivity contribution in [2.75, 3.05) is 24.5 Å². The lowest BCUT2D eigenvalue weighted by Crippen LogP contribution is -2.39. The van der Waals surface area contributed by atoms with Crippen LogP contribution in [0.15, 0.2) is 109 Å². The number of fused-ring (bicyclic) bond motifs is 1. The maximum atomic E-state index is 2.72. The van der Waals surface area contributed by atoms with Crippen LogP contribution in [0.1, 0.15) is 92.0 Å². The van der Waals surface area contributed by atoms with Crippen LogP contribution in [0.5, 0.6) is 0 Å². The lowest BCUT2D eigenvalue weighted by molar-refractivity contribution is -0.438. The average molecular weight is 622 g/mol. The minimum Gasteiger partial charge on any atom is -0.372 e. The first-order valence-electron chi connectivity index (χ1n) is 18.5. The molecule has 2 heterocycles. The fourth-order valence-corrected chi connectivity index (χ4v) is 8.73. The van der Waals surface area contributed by atoms with Gasteiger partial charge in [0.05, 0.1) is 5.41 Å². The van der Waals surface area contributed by atoms with E-state index in [1.807, 2.05) is 0 Å². The molecule has 2 nitrogen and oxygen atoms in total. The standard InChI is InChI=1S/C45H53N2/c1-36-22-28-43-42(33-36)45(34-39-18-5-2-6-19-39,35-40-20-7-3-8-21-40)44(47(43)32-14-11-17-37-15-9-10-16-37)29-25-38-23-26-41(27-24-38)46-30-12-4-13-31-46/h2-3,5-8,18-29,33,37H,4,9-17,30-32,34-35H2,1H3/q+1. The number of allylic oxidation sites excluding steroid dienone is 1. The number of piperidine rings is 1. The van der Waals surface area contributed by atoms with E-state index < -0.39 is 0 Å². The Hall–Kier alpha value is -3.91. The average Bonchev–Trinajstić information content (AvgIpc) is 3.72. The number of benzene rings is 4. The van der Waals surface area contributed by atoms with Crippen molar-refractivity contribution in [2.24, 2.45) is 5.92 Å². The van der Waals surface area contributed by atoms with Crippen LogP contribution in [-0.4, -0.2) is 29.9 Å². The Balaban J connectivity index is 1.29. The monoisotopic (exact) mass is 621 g/mol. The van der Waals surface area contributed by atoms with Crippen LogP contribution in [0, 0.1) is 12.8 Å². The van der Waals surface area contributed by atoms with E-state index >= 15 is 0 Å². The van der Waals surface area contributed by atoms with Crippen molar-refractivity contribution in [2.45, 2.75) is 89.4 Å². The highest BCUT2D eigenvalue weighted by Crippen LogP contribution is 2.46. The molecule has 4 aromatic rings. The van der Waals surface area contributed by atoms with E-state index in [4.69, 9.17) is 0 Å². The van der Waals surface area contributed by atoms with E-state index in [0.29, 0.717) is 0 Å². The molecular weight excluding hydrogens is 569 g/mol. The number of rotatable bonds is 12. The highest BCUT2D eigenvalue weighted by Gasteiger charge is 2.51. The zero-order valence-corrected chi connectivity index (χ0v) is 28.5. The molecule has 2 fully saturated rings. The second-order valence-corrected chi connectivity index (χ2v) is 14.6. The first-order valence-corrected chi connectivity index (χ1v) is 18.5. The van der Waals surface area contributed by atoms with E-state index in [-0.39, 0.29) is 5.41 Å². The molecule has 0 bridgehead atoms. The molecule has 7 rings (SSSR count). The number of hydrogen-bond donors (Lipinski definition) is 0. The molecule has 0 aromatic heterocycles. The molecule has 0 N–H and O–H groups in total. The molecule has 0 spiro atoms. The molecule has 0 atom stereocenters. The third-order valence-electron chi connectivity index (χ3n) is 11.2. The highest BCUT2D eigenvalue weighted by molar-refractivity contribution is 6.06. The van der Waals surface area contributed by atoms with Gasteiger partial charge >= 0.3 is 0 Å². The Morgan fingerprint density at radius 1 is 0.702 bits per heavy atom. The Labute approximate surface area is 283 Å². The van der Waals surface area contributed by atoms with Crippen LogP contribution in [0.3, 0.4) is 0 Å². The van der Waals surface area contributed by atoms with Crippen molar-refractivity contribution in [3.8, 4) is 0 Å². The predicted molar refractivity (Wildman–Crippen MR) is 200 cm³/mol. The Morgan fingerprint density at radius 3 is 2.02 bits per heavy atom. The fraction of sp³-hybridized carbons (Fsp3) is 0.400. The minimum atomic E-state index is -0.167. The molecule has 1 aliphatic carbocycles. The lowest BCUT2D eigenvalue weighted by atomic mass is 9.68. The Kier molecular flexibility index (Phi) is 10.0. The molecule has 2 aliphatic heterocycles. The zero-order chi connectivity index (χ0) is 31.9. The summed E-state index contributed by atoms with van der Waals surface area (Å²) in [6.45, 7) is 5.70. The van der Waals surface area contributed by atoms with Crippen molar-refractivity contribution in [1.29, 1.82) is 0 Å². The summed E-state index contributed by atoms with van der Waals surface area (Å²) in [5.41, 5.74) is 11.0. The fourth-order valence-electron chi connectivity index (χ4n) is 8.73. The second kappa shape index (κ2) is 14.9. The zero-order valence-electron chi connectivity index (χ0n) is 28.5. The van der Waals surface area contributed by atoms with Gasteiger partial charge in [-0.25, -0.2) is 0 Å². The molecule has 1 saturated heterocycles. The molecule has 4 aromatic carbocycles. The maximum absolute atomic E-state index is 2.72. The summed E-state index contributed by atoms with van der Waals surface area (Å²) >= 11 is 0. The van der Waals surface area contributed by atoms with Gasteiger partial charge in [0.15, 0.2) is 5.71 Å². The molecule has 242 valence electrons. The van der Waals surface area contributed by atoms with Crippen molar-refractivity contribution in [3.63, 3.8) is 0 Å². The van der Waals surface area contributed by atoms with E-state index in [0.717, 1.165) is 25.3 Å². The van der Waals surface area contributed by atoms with E-state index in [1.165, 1.54) is 122 Å². The van der Waals surface area contributed by atoms with E-state index in [9.17, 15) is 0 Å². The van der Waals surface area contributed by atoms with Crippen LogP contribution in [0.4, 0.5) is 11.4 Å². The number of nitrogens with zero attached hydrogens (tertiary/aromatic N) is 2. The summed E-state index contributed by atoms with van der Waals surface area (Å²) in [7, 11) is 0. The summed E-state index contributed by atoms with van der Waals surface area (Å²) in [5, 5.41) is 0. The predicted octanol–water partition coefficient (Wildman–Crippen LogP) is 10.9. The maximum Gasteiger partial charge on any atom is 0.209 e. The van der Waals surface area contributed by atoms with E-state index in [2.05, 4.69) is 132 Å². The normalized spacial score (nSPS) is 17.9. The van der Waals surface area contributed by atoms with Gasteiger partial charge in [-0.2, -0.15) is 4.58 Å².